The summed E-state index contributed by atoms with van der Waals surface area (Å²) in [6.07, 6.45) is 4.59. The summed E-state index contributed by atoms with van der Waals surface area (Å²) in [5.74, 6) is 0. The van der Waals surface area contributed by atoms with Crippen molar-refractivity contribution in [3.05, 3.63) is 0 Å². The van der Waals surface area contributed by atoms with E-state index in [2.05, 4.69) is 6.92 Å². The van der Waals surface area contributed by atoms with Crippen LogP contribution >= 0.6 is 12.4 Å². The van der Waals surface area contributed by atoms with Crippen LogP contribution < -0.4 is 0 Å². The lowest BCUT2D eigenvalue weighted by Crippen LogP contribution is -2.62. The maximum atomic E-state index is 9.91. The fourth-order valence-electron chi connectivity index (χ4n) is 3.06. The highest BCUT2D eigenvalue weighted by Gasteiger charge is 2.40. The second kappa shape index (κ2) is 14.2. The highest BCUT2D eigenvalue weighted by molar-refractivity contribution is 5.85. The smallest absolute Gasteiger partial charge is 0.109 e. The number of β-amino-alcohol motifs (C(OH)–C–C–N with tert-alkyl or cyclic N) is 1. The summed E-state index contributed by atoms with van der Waals surface area (Å²) >= 11 is 0. The molecule has 0 aliphatic carbocycles. The first-order valence-electron chi connectivity index (χ1n) is 9.08. The Balaban J connectivity index is 0.00000529. The van der Waals surface area contributed by atoms with Crippen molar-refractivity contribution in [3.63, 3.8) is 0 Å². The number of rotatable bonds is 12. The molecule has 146 valence electrons. The Morgan fingerprint density at radius 3 is 2.12 bits per heavy atom. The van der Waals surface area contributed by atoms with Crippen molar-refractivity contribution in [2.24, 2.45) is 0 Å². The van der Waals surface area contributed by atoms with Crippen LogP contribution in [0.2, 0.25) is 0 Å². The predicted molar refractivity (Wildman–Crippen MR) is 96.5 cm³/mol. The number of likely N-dealkylation sites (tertiary alicyclic amines) is 1. The van der Waals surface area contributed by atoms with E-state index in [4.69, 9.17) is 4.74 Å². The molecule has 0 bridgehead atoms. The van der Waals surface area contributed by atoms with Gasteiger partial charge in [0.05, 0.1) is 18.8 Å². The van der Waals surface area contributed by atoms with Crippen LogP contribution in [0, 0.1) is 0 Å². The molecule has 1 rings (SSSR count). The van der Waals surface area contributed by atoms with Gasteiger partial charge in [0.2, 0.25) is 0 Å². The molecule has 1 heterocycles. The van der Waals surface area contributed by atoms with Gasteiger partial charge >= 0.3 is 0 Å². The standard InChI is InChI=1S/C17H35NO5.ClH/c1-2-3-4-7-10-23-11-8-5-6-9-18-12-15(20)17(22)16(21)14(18)13-19;/h14-17,19-22H,2-13H2,1H3;1H/t14-,15+,16-,17-;/m0./s1. The lowest BCUT2D eigenvalue weighted by molar-refractivity contribution is -0.145. The largest absolute Gasteiger partial charge is 0.395 e. The molecule has 0 saturated carbocycles. The van der Waals surface area contributed by atoms with Crippen molar-refractivity contribution < 1.29 is 25.2 Å². The summed E-state index contributed by atoms with van der Waals surface area (Å²) in [4.78, 5) is 1.87. The number of piperidine rings is 1. The lowest BCUT2D eigenvalue weighted by Gasteiger charge is -2.43. The molecule has 0 aromatic heterocycles. The summed E-state index contributed by atoms with van der Waals surface area (Å²) < 4.78 is 5.60. The molecule has 0 aromatic carbocycles. The number of aliphatic hydroxyl groups excluding tert-OH is 4. The van der Waals surface area contributed by atoms with E-state index in [-0.39, 0.29) is 25.6 Å². The fourth-order valence-corrected chi connectivity index (χ4v) is 3.06. The number of unbranched alkanes of at least 4 members (excludes halogenated alkanes) is 5. The monoisotopic (exact) mass is 369 g/mol. The molecule has 4 N–H and O–H groups in total. The van der Waals surface area contributed by atoms with Crippen LogP contribution in [-0.2, 0) is 4.74 Å². The van der Waals surface area contributed by atoms with Gasteiger partial charge in [-0.3, -0.25) is 4.90 Å². The van der Waals surface area contributed by atoms with Crippen LogP contribution in [0.15, 0.2) is 0 Å². The molecule has 1 aliphatic heterocycles. The van der Waals surface area contributed by atoms with E-state index >= 15 is 0 Å². The Labute approximate surface area is 152 Å². The average molecular weight is 370 g/mol. The van der Waals surface area contributed by atoms with Crippen molar-refractivity contribution in [3.8, 4) is 0 Å². The van der Waals surface area contributed by atoms with Gasteiger partial charge in [0.25, 0.3) is 0 Å². The molecule has 0 radical (unpaired) electrons. The summed E-state index contributed by atoms with van der Waals surface area (Å²) in [7, 11) is 0. The van der Waals surface area contributed by atoms with Gasteiger partial charge in [-0.15, -0.1) is 12.4 Å². The second-order valence-electron chi connectivity index (χ2n) is 6.53. The van der Waals surface area contributed by atoms with E-state index in [1.54, 1.807) is 0 Å². The summed E-state index contributed by atoms with van der Waals surface area (Å²) in [5.41, 5.74) is 0. The van der Waals surface area contributed by atoms with Crippen LogP contribution in [0.3, 0.4) is 0 Å². The minimum absolute atomic E-state index is 0. The van der Waals surface area contributed by atoms with E-state index in [0.717, 1.165) is 38.9 Å². The number of ether oxygens (including phenoxy) is 1. The highest BCUT2D eigenvalue weighted by Crippen LogP contribution is 2.19. The third-order valence-corrected chi connectivity index (χ3v) is 4.59. The molecule has 1 fully saturated rings. The van der Waals surface area contributed by atoms with E-state index in [1.165, 1.54) is 19.3 Å². The van der Waals surface area contributed by atoms with Crippen LogP contribution in [0.4, 0.5) is 0 Å². The molecule has 6 nitrogen and oxygen atoms in total. The van der Waals surface area contributed by atoms with Crippen LogP contribution in [0.1, 0.15) is 51.9 Å². The molecule has 0 spiro atoms. The topological polar surface area (TPSA) is 93.4 Å². The Bertz CT molecular complexity index is 298. The van der Waals surface area contributed by atoms with Gasteiger partial charge in [0.15, 0.2) is 0 Å². The van der Waals surface area contributed by atoms with E-state index in [9.17, 15) is 20.4 Å². The number of halogens is 1. The molecule has 7 heteroatoms. The number of aliphatic hydroxyl groups is 4. The predicted octanol–water partition coefficient (Wildman–Crippen LogP) is 0.935. The molecule has 0 aromatic rings. The normalized spacial score (nSPS) is 27.9. The number of nitrogens with zero attached hydrogens (tertiary/aromatic N) is 1. The maximum absolute atomic E-state index is 9.91. The zero-order chi connectivity index (χ0) is 17.1. The second-order valence-corrected chi connectivity index (χ2v) is 6.53. The Kier molecular flexibility index (Phi) is 14.3. The first-order chi connectivity index (χ1) is 11.1. The van der Waals surface area contributed by atoms with E-state index in [0.29, 0.717) is 6.54 Å². The molecule has 0 unspecified atom stereocenters. The first-order valence-corrected chi connectivity index (χ1v) is 9.08. The van der Waals surface area contributed by atoms with Crippen molar-refractivity contribution in [2.75, 3.05) is 32.9 Å². The quantitative estimate of drug-likeness (QED) is 0.382. The van der Waals surface area contributed by atoms with E-state index < -0.39 is 24.4 Å². The molecule has 1 aliphatic rings. The molecular weight excluding hydrogens is 334 g/mol. The van der Waals surface area contributed by atoms with Gasteiger partial charge in [-0.2, -0.15) is 0 Å². The lowest BCUT2D eigenvalue weighted by atomic mass is 9.94. The molecule has 0 amide bonds. The van der Waals surface area contributed by atoms with Gasteiger partial charge in [0, 0.05) is 19.8 Å². The highest BCUT2D eigenvalue weighted by atomic mass is 35.5. The van der Waals surface area contributed by atoms with Crippen molar-refractivity contribution >= 4 is 12.4 Å². The zero-order valence-corrected chi connectivity index (χ0v) is 15.7. The van der Waals surface area contributed by atoms with Crippen molar-refractivity contribution in [2.45, 2.75) is 76.2 Å². The van der Waals surface area contributed by atoms with Gasteiger partial charge in [-0.25, -0.2) is 0 Å². The minimum Gasteiger partial charge on any atom is -0.395 e. The Morgan fingerprint density at radius 2 is 1.54 bits per heavy atom. The third-order valence-electron chi connectivity index (χ3n) is 4.59. The van der Waals surface area contributed by atoms with Crippen molar-refractivity contribution in [1.29, 1.82) is 0 Å². The van der Waals surface area contributed by atoms with Crippen LogP contribution in [0.25, 0.3) is 0 Å². The SMILES string of the molecule is CCCCCCOCCCCCN1C[C@@H](O)[C@H](O)[C@@H](O)[C@@H]1CO.Cl. The summed E-state index contributed by atoms with van der Waals surface area (Å²) in [6.45, 7) is 4.59. The van der Waals surface area contributed by atoms with Gasteiger partial charge in [0.1, 0.15) is 12.2 Å². The minimum atomic E-state index is -1.18. The average Bonchev–Trinajstić information content (AvgIpc) is 2.54. The number of hydrogen-bond acceptors (Lipinski definition) is 6. The summed E-state index contributed by atoms with van der Waals surface area (Å²) in [5, 5.41) is 38.7. The van der Waals surface area contributed by atoms with E-state index in [1.807, 2.05) is 4.90 Å². The van der Waals surface area contributed by atoms with Crippen LogP contribution in [0.5, 0.6) is 0 Å². The maximum Gasteiger partial charge on any atom is 0.109 e. The number of hydrogen-bond donors (Lipinski definition) is 4. The first kappa shape index (κ1) is 24.1. The van der Waals surface area contributed by atoms with Gasteiger partial charge in [-0.1, -0.05) is 26.2 Å². The molecule has 1 saturated heterocycles. The van der Waals surface area contributed by atoms with Gasteiger partial charge < -0.3 is 25.2 Å². The molecular formula is C17H36ClNO5. The Morgan fingerprint density at radius 1 is 0.917 bits per heavy atom. The summed E-state index contributed by atoms with van der Waals surface area (Å²) in [6, 6.07) is -0.497. The van der Waals surface area contributed by atoms with Gasteiger partial charge in [-0.05, 0) is 32.2 Å². The fraction of sp³-hybridized carbons (Fsp3) is 1.00. The molecule has 24 heavy (non-hydrogen) atoms. The van der Waals surface area contributed by atoms with Crippen LogP contribution in [-0.4, -0.2) is 82.6 Å². The molecule has 4 atom stereocenters. The Hall–Kier alpha value is 0.0500. The third kappa shape index (κ3) is 8.43. The van der Waals surface area contributed by atoms with Crippen molar-refractivity contribution in [1.82, 2.24) is 4.90 Å². The zero-order valence-electron chi connectivity index (χ0n) is 14.8.